The topological polar surface area (TPSA) is 78.4 Å². The SMILES string of the molecule is Cl.NCCOc1cc([N+](=O)[O-])ccc1Cl. The van der Waals surface area contributed by atoms with Crippen molar-refractivity contribution in [1.82, 2.24) is 0 Å². The van der Waals surface area contributed by atoms with E-state index in [1.165, 1.54) is 18.2 Å². The van der Waals surface area contributed by atoms with Gasteiger partial charge < -0.3 is 10.5 Å². The minimum Gasteiger partial charge on any atom is -0.490 e. The zero-order valence-corrected chi connectivity index (χ0v) is 9.25. The van der Waals surface area contributed by atoms with E-state index in [1.54, 1.807) is 0 Å². The maximum Gasteiger partial charge on any atom is 0.273 e. The fourth-order valence-electron chi connectivity index (χ4n) is 0.885. The summed E-state index contributed by atoms with van der Waals surface area (Å²) in [5.41, 5.74) is 5.17. The number of hydrogen-bond acceptors (Lipinski definition) is 4. The van der Waals surface area contributed by atoms with Crippen molar-refractivity contribution >= 4 is 29.7 Å². The molecule has 0 radical (unpaired) electrons. The van der Waals surface area contributed by atoms with Crippen molar-refractivity contribution in [3.05, 3.63) is 33.3 Å². The summed E-state index contributed by atoms with van der Waals surface area (Å²) in [4.78, 5) is 9.91. The summed E-state index contributed by atoms with van der Waals surface area (Å²) >= 11 is 5.75. The highest BCUT2D eigenvalue weighted by atomic mass is 35.5. The normalized spacial score (nSPS) is 9.20. The third kappa shape index (κ3) is 3.91. The summed E-state index contributed by atoms with van der Waals surface area (Å²) in [5.74, 6) is 0.284. The molecule has 0 aliphatic heterocycles. The standard InChI is InChI=1S/C8H9ClN2O3.ClH/c9-7-2-1-6(11(12)13)5-8(7)14-4-3-10;/h1-2,5H,3-4,10H2;1H. The molecule has 0 fully saturated rings. The molecule has 0 spiro atoms. The van der Waals surface area contributed by atoms with Crippen LogP contribution in [0.3, 0.4) is 0 Å². The number of nitrogens with two attached hydrogens (primary N) is 1. The lowest BCUT2D eigenvalue weighted by atomic mass is 10.3. The van der Waals surface area contributed by atoms with Crippen molar-refractivity contribution in [1.29, 1.82) is 0 Å². The third-order valence-electron chi connectivity index (χ3n) is 1.50. The van der Waals surface area contributed by atoms with Crippen LogP contribution >= 0.6 is 24.0 Å². The zero-order chi connectivity index (χ0) is 10.6. The van der Waals surface area contributed by atoms with Gasteiger partial charge in [-0.2, -0.15) is 0 Å². The molecule has 0 heterocycles. The fourth-order valence-corrected chi connectivity index (χ4v) is 1.06. The highest BCUT2D eigenvalue weighted by Gasteiger charge is 2.10. The summed E-state index contributed by atoms with van der Waals surface area (Å²) in [7, 11) is 0. The average Bonchev–Trinajstić information content (AvgIpc) is 2.16. The van der Waals surface area contributed by atoms with E-state index in [-0.39, 0.29) is 30.5 Å². The number of rotatable bonds is 4. The molecule has 0 atom stereocenters. The molecular formula is C8H10Cl2N2O3. The first-order valence-corrected chi connectivity index (χ1v) is 4.29. The van der Waals surface area contributed by atoms with E-state index >= 15 is 0 Å². The van der Waals surface area contributed by atoms with Crippen molar-refractivity contribution < 1.29 is 9.66 Å². The predicted molar refractivity (Wildman–Crippen MR) is 59.9 cm³/mol. The molecular weight excluding hydrogens is 243 g/mol. The monoisotopic (exact) mass is 252 g/mol. The number of hydrogen-bond donors (Lipinski definition) is 1. The molecule has 7 heteroatoms. The zero-order valence-electron chi connectivity index (χ0n) is 7.68. The quantitative estimate of drug-likeness (QED) is 0.657. The van der Waals surface area contributed by atoms with Gasteiger partial charge in [0, 0.05) is 12.6 Å². The minimum absolute atomic E-state index is 0. The molecule has 0 aromatic heterocycles. The van der Waals surface area contributed by atoms with Gasteiger partial charge in [0.05, 0.1) is 16.0 Å². The third-order valence-corrected chi connectivity index (χ3v) is 1.81. The molecule has 0 saturated carbocycles. The van der Waals surface area contributed by atoms with Gasteiger partial charge in [0.25, 0.3) is 5.69 Å². The fraction of sp³-hybridized carbons (Fsp3) is 0.250. The van der Waals surface area contributed by atoms with E-state index in [9.17, 15) is 10.1 Å². The van der Waals surface area contributed by atoms with Crippen LogP contribution in [-0.4, -0.2) is 18.1 Å². The highest BCUT2D eigenvalue weighted by molar-refractivity contribution is 6.32. The first kappa shape index (κ1) is 14.0. The molecule has 1 aromatic carbocycles. The number of benzene rings is 1. The molecule has 84 valence electrons. The summed E-state index contributed by atoms with van der Waals surface area (Å²) < 4.78 is 5.12. The Kier molecular flexibility index (Phi) is 6.00. The lowest BCUT2D eigenvalue weighted by molar-refractivity contribution is -0.384. The second-order valence-corrected chi connectivity index (χ2v) is 2.92. The van der Waals surface area contributed by atoms with Crippen molar-refractivity contribution in [2.75, 3.05) is 13.2 Å². The Morgan fingerprint density at radius 3 is 2.73 bits per heavy atom. The van der Waals surface area contributed by atoms with Crippen molar-refractivity contribution in [3.8, 4) is 5.75 Å². The number of halogens is 2. The maximum absolute atomic E-state index is 10.4. The summed E-state index contributed by atoms with van der Waals surface area (Å²) in [6.07, 6.45) is 0. The van der Waals surface area contributed by atoms with Gasteiger partial charge in [-0.25, -0.2) is 0 Å². The van der Waals surface area contributed by atoms with E-state index in [2.05, 4.69) is 0 Å². The van der Waals surface area contributed by atoms with Gasteiger partial charge in [-0.3, -0.25) is 10.1 Å². The van der Waals surface area contributed by atoms with Crippen LogP contribution in [0, 0.1) is 10.1 Å². The lowest BCUT2D eigenvalue weighted by Crippen LogP contribution is -2.10. The van der Waals surface area contributed by atoms with Crippen LogP contribution < -0.4 is 10.5 Å². The molecule has 2 N–H and O–H groups in total. The lowest BCUT2D eigenvalue weighted by Gasteiger charge is -2.05. The Labute approximate surface area is 97.7 Å². The van der Waals surface area contributed by atoms with Crippen LogP contribution in [0.5, 0.6) is 5.75 Å². The van der Waals surface area contributed by atoms with Gasteiger partial charge >= 0.3 is 0 Å². The number of nitro groups is 1. The number of nitrogens with zero attached hydrogens (tertiary/aromatic N) is 1. The molecule has 15 heavy (non-hydrogen) atoms. The van der Waals surface area contributed by atoms with E-state index in [1.807, 2.05) is 0 Å². The van der Waals surface area contributed by atoms with Gasteiger partial charge in [0.2, 0.25) is 0 Å². The van der Waals surface area contributed by atoms with Crippen LogP contribution in [0.4, 0.5) is 5.69 Å². The van der Waals surface area contributed by atoms with Gasteiger partial charge in [-0.1, -0.05) is 11.6 Å². The van der Waals surface area contributed by atoms with Crippen LogP contribution in [-0.2, 0) is 0 Å². The first-order valence-electron chi connectivity index (χ1n) is 3.92. The van der Waals surface area contributed by atoms with Crippen molar-refractivity contribution in [2.45, 2.75) is 0 Å². The molecule has 1 rings (SSSR count). The maximum atomic E-state index is 10.4. The second-order valence-electron chi connectivity index (χ2n) is 2.51. The smallest absolute Gasteiger partial charge is 0.273 e. The minimum atomic E-state index is -0.508. The van der Waals surface area contributed by atoms with Crippen molar-refractivity contribution in [2.24, 2.45) is 5.73 Å². The van der Waals surface area contributed by atoms with Crippen LogP contribution in [0.1, 0.15) is 0 Å². The highest BCUT2D eigenvalue weighted by Crippen LogP contribution is 2.28. The summed E-state index contributed by atoms with van der Waals surface area (Å²) in [6.45, 7) is 0.611. The summed E-state index contributed by atoms with van der Waals surface area (Å²) in [5, 5.41) is 10.8. The van der Waals surface area contributed by atoms with Crippen LogP contribution in [0.2, 0.25) is 5.02 Å². The molecule has 0 aliphatic carbocycles. The molecule has 5 nitrogen and oxygen atoms in total. The molecule has 0 amide bonds. The molecule has 0 bridgehead atoms. The van der Waals surface area contributed by atoms with E-state index < -0.39 is 4.92 Å². The van der Waals surface area contributed by atoms with E-state index in [0.29, 0.717) is 11.6 Å². The predicted octanol–water partition coefficient (Wildman–Crippen LogP) is 2.01. The number of non-ortho nitro benzene ring substituents is 1. The Balaban J connectivity index is 0.00000196. The summed E-state index contributed by atoms with van der Waals surface area (Å²) in [6, 6.07) is 4.02. The van der Waals surface area contributed by atoms with Crippen molar-refractivity contribution in [3.63, 3.8) is 0 Å². The van der Waals surface area contributed by atoms with Crippen LogP contribution in [0.25, 0.3) is 0 Å². The van der Waals surface area contributed by atoms with E-state index in [4.69, 9.17) is 22.1 Å². The Hall–Kier alpha value is -1.04. The Bertz CT molecular complexity index is 347. The van der Waals surface area contributed by atoms with Gasteiger partial charge in [-0.15, -0.1) is 12.4 Å². The molecule has 1 aromatic rings. The first-order chi connectivity index (χ1) is 6.65. The van der Waals surface area contributed by atoms with Gasteiger partial charge in [-0.05, 0) is 6.07 Å². The molecule has 0 unspecified atom stereocenters. The number of nitro benzene ring substituents is 1. The Morgan fingerprint density at radius 1 is 1.53 bits per heavy atom. The second kappa shape index (κ2) is 6.44. The van der Waals surface area contributed by atoms with Gasteiger partial charge in [0.15, 0.2) is 0 Å². The average molecular weight is 253 g/mol. The number of ether oxygens (including phenoxy) is 1. The van der Waals surface area contributed by atoms with Gasteiger partial charge in [0.1, 0.15) is 12.4 Å². The van der Waals surface area contributed by atoms with Crippen LogP contribution in [0.15, 0.2) is 18.2 Å². The Morgan fingerprint density at radius 2 is 2.20 bits per heavy atom. The van der Waals surface area contributed by atoms with E-state index in [0.717, 1.165) is 0 Å². The largest absolute Gasteiger partial charge is 0.490 e. The molecule has 0 saturated heterocycles. The molecule has 0 aliphatic rings.